The maximum Gasteiger partial charge on any atom is 0.391 e. The summed E-state index contributed by atoms with van der Waals surface area (Å²) in [6, 6.07) is 11.3. The number of fused-ring (bicyclic) bond motifs is 1. The molecule has 0 radical (unpaired) electrons. The maximum atomic E-state index is 13.0. The molecule has 3 aromatic rings. The molecule has 0 unspecified atom stereocenters. The van der Waals surface area contributed by atoms with Gasteiger partial charge in [0.1, 0.15) is 0 Å². The second-order valence-electron chi connectivity index (χ2n) is 10.3. The van der Waals surface area contributed by atoms with Gasteiger partial charge in [-0.25, -0.2) is 4.98 Å². The van der Waals surface area contributed by atoms with Crippen LogP contribution in [-0.4, -0.2) is 34.7 Å². The number of hydrogen-bond acceptors (Lipinski definition) is 4. The zero-order chi connectivity index (χ0) is 26.3. The smallest absolute Gasteiger partial charge is 0.371 e. The van der Waals surface area contributed by atoms with Crippen LogP contribution in [0.2, 0.25) is 5.02 Å². The Balaban J connectivity index is 1.50. The normalized spacial score (nSPS) is 15.4. The van der Waals surface area contributed by atoms with Crippen molar-refractivity contribution in [1.82, 2.24) is 14.9 Å². The summed E-state index contributed by atoms with van der Waals surface area (Å²) in [5.74, 6) is -0.691. The Hall–Kier alpha value is -2.94. The van der Waals surface area contributed by atoms with Gasteiger partial charge in [0.05, 0.1) is 27.7 Å². The maximum absolute atomic E-state index is 13.0. The molecule has 2 N–H and O–H groups in total. The van der Waals surface area contributed by atoms with Crippen LogP contribution >= 0.6 is 11.6 Å². The van der Waals surface area contributed by atoms with Gasteiger partial charge >= 0.3 is 6.18 Å². The summed E-state index contributed by atoms with van der Waals surface area (Å²) in [5, 5.41) is 6.73. The number of alkyl halides is 3. The number of carbonyl (C=O) groups is 1. The lowest BCUT2D eigenvalue weighted by Gasteiger charge is -2.34. The molecule has 2 aromatic carbocycles. The van der Waals surface area contributed by atoms with E-state index in [1.54, 1.807) is 6.07 Å². The summed E-state index contributed by atoms with van der Waals surface area (Å²) in [6.07, 6.45) is -3.93. The first kappa shape index (κ1) is 26.1. The highest BCUT2D eigenvalue weighted by atomic mass is 35.5. The topological polar surface area (TPSA) is 62.2 Å². The first-order valence-corrected chi connectivity index (χ1v) is 12.3. The number of amides is 1. The zero-order valence-corrected chi connectivity index (χ0v) is 21.6. The van der Waals surface area contributed by atoms with Gasteiger partial charge in [-0.15, -0.1) is 0 Å². The summed E-state index contributed by atoms with van der Waals surface area (Å²) in [6.45, 7) is 6.69. The zero-order valence-electron chi connectivity index (χ0n) is 20.8. The lowest BCUT2D eigenvalue weighted by molar-refractivity contribution is -0.179. The Morgan fingerprint density at radius 2 is 1.81 bits per heavy atom. The molecule has 1 saturated heterocycles. The Morgan fingerprint density at radius 3 is 2.44 bits per heavy atom. The van der Waals surface area contributed by atoms with E-state index in [-0.39, 0.29) is 18.7 Å². The molecular formula is C26H31ClF3N5O. The van der Waals surface area contributed by atoms with Crippen molar-refractivity contribution >= 4 is 45.9 Å². The SMILES string of the molecule is Cn1c(Nc2cc(CNC(=O)C(C)(C)C)ccc2Cl)nc2ccc(N3CCC(C(F)(F)F)CC3)cc21. The van der Waals surface area contributed by atoms with Gasteiger partial charge in [-0.3, -0.25) is 4.79 Å². The monoisotopic (exact) mass is 521 g/mol. The lowest BCUT2D eigenvalue weighted by Crippen LogP contribution is -2.38. The van der Waals surface area contributed by atoms with Crippen molar-refractivity contribution in [2.45, 2.75) is 46.3 Å². The van der Waals surface area contributed by atoms with Crippen molar-refractivity contribution in [3.63, 3.8) is 0 Å². The van der Waals surface area contributed by atoms with Gasteiger partial charge in [0.2, 0.25) is 11.9 Å². The molecule has 36 heavy (non-hydrogen) atoms. The van der Waals surface area contributed by atoms with E-state index in [2.05, 4.69) is 15.6 Å². The molecule has 6 nitrogen and oxygen atoms in total. The van der Waals surface area contributed by atoms with Crippen LogP contribution in [0, 0.1) is 11.3 Å². The average Bonchev–Trinajstić information content (AvgIpc) is 3.12. The van der Waals surface area contributed by atoms with Crippen LogP contribution in [0.25, 0.3) is 11.0 Å². The Bertz CT molecular complexity index is 1260. The predicted octanol–water partition coefficient (Wildman–Crippen LogP) is 6.41. The molecule has 194 valence electrons. The molecule has 0 bridgehead atoms. The highest BCUT2D eigenvalue weighted by molar-refractivity contribution is 6.33. The summed E-state index contributed by atoms with van der Waals surface area (Å²) >= 11 is 6.43. The third-order valence-electron chi connectivity index (χ3n) is 6.60. The number of aromatic nitrogens is 2. The van der Waals surface area contributed by atoms with Crippen molar-refractivity contribution in [1.29, 1.82) is 0 Å². The molecule has 1 aromatic heterocycles. The molecule has 0 atom stereocenters. The van der Waals surface area contributed by atoms with Gasteiger partial charge in [-0.2, -0.15) is 13.2 Å². The number of aryl methyl sites for hydroxylation is 1. The van der Waals surface area contributed by atoms with Gasteiger partial charge in [0, 0.05) is 37.8 Å². The minimum atomic E-state index is -4.13. The van der Waals surface area contributed by atoms with Crippen LogP contribution in [0.4, 0.5) is 30.5 Å². The van der Waals surface area contributed by atoms with Crippen LogP contribution in [0.15, 0.2) is 36.4 Å². The average molecular weight is 522 g/mol. The number of piperidine rings is 1. The van der Waals surface area contributed by atoms with Gasteiger partial charge in [0.25, 0.3) is 0 Å². The second kappa shape index (κ2) is 9.84. The fraction of sp³-hybridized carbons (Fsp3) is 0.462. The van der Waals surface area contributed by atoms with E-state index >= 15 is 0 Å². The molecule has 0 saturated carbocycles. The van der Waals surface area contributed by atoms with E-state index in [9.17, 15) is 18.0 Å². The number of rotatable bonds is 5. The lowest BCUT2D eigenvalue weighted by atomic mass is 9.95. The first-order valence-electron chi connectivity index (χ1n) is 11.9. The van der Waals surface area contributed by atoms with Gasteiger partial charge in [0.15, 0.2) is 0 Å². The van der Waals surface area contributed by atoms with Crippen molar-refractivity contribution in [3.8, 4) is 0 Å². The fourth-order valence-corrected chi connectivity index (χ4v) is 4.46. The number of imidazole rings is 1. The van der Waals surface area contributed by atoms with Crippen LogP contribution in [0.5, 0.6) is 0 Å². The van der Waals surface area contributed by atoms with E-state index in [0.717, 1.165) is 22.3 Å². The van der Waals surface area contributed by atoms with E-state index in [0.29, 0.717) is 36.3 Å². The number of carbonyl (C=O) groups excluding carboxylic acids is 1. The number of halogens is 4. The van der Waals surface area contributed by atoms with E-state index in [1.165, 1.54) is 0 Å². The first-order chi connectivity index (χ1) is 16.8. The summed E-state index contributed by atoms with van der Waals surface area (Å²) in [5.41, 5.74) is 3.58. The Morgan fingerprint density at radius 1 is 1.11 bits per heavy atom. The van der Waals surface area contributed by atoms with Crippen molar-refractivity contribution < 1.29 is 18.0 Å². The summed E-state index contributed by atoms with van der Waals surface area (Å²) in [7, 11) is 1.87. The number of anilines is 3. The third-order valence-corrected chi connectivity index (χ3v) is 6.93. The third kappa shape index (κ3) is 5.72. The molecule has 1 fully saturated rings. The van der Waals surface area contributed by atoms with Crippen molar-refractivity contribution in [2.24, 2.45) is 18.4 Å². The molecule has 2 heterocycles. The van der Waals surface area contributed by atoms with Crippen molar-refractivity contribution in [2.75, 3.05) is 23.3 Å². The largest absolute Gasteiger partial charge is 0.391 e. The van der Waals surface area contributed by atoms with Crippen molar-refractivity contribution in [3.05, 3.63) is 47.0 Å². The number of benzene rings is 2. The molecule has 1 amide bonds. The van der Waals surface area contributed by atoms with Crippen LogP contribution in [0.1, 0.15) is 39.2 Å². The van der Waals surface area contributed by atoms with Crippen LogP contribution < -0.4 is 15.5 Å². The molecule has 1 aliphatic heterocycles. The van der Waals surface area contributed by atoms with Gasteiger partial charge in [-0.1, -0.05) is 38.4 Å². The number of nitrogens with zero attached hydrogens (tertiary/aromatic N) is 3. The van der Waals surface area contributed by atoms with Gasteiger partial charge < -0.3 is 20.1 Å². The molecule has 1 aliphatic rings. The fourth-order valence-electron chi connectivity index (χ4n) is 4.30. The molecular weight excluding hydrogens is 491 g/mol. The summed E-state index contributed by atoms with van der Waals surface area (Å²) < 4.78 is 41.0. The van der Waals surface area contributed by atoms with E-state index < -0.39 is 17.5 Å². The molecule has 0 aliphatic carbocycles. The molecule has 4 rings (SSSR count). The molecule has 10 heteroatoms. The highest BCUT2D eigenvalue weighted by Crippen LogP contribution is 2.36. The quantitative estimate of drug-likeness (QED) is 0.407. The van der Waals surface area contributed by atoms with E-state index in [1.807, 2.05) is 67.6 Å². The predicted molar refractivity (Wildman–Crippen MR) is 138 cm³/mol. The minimum absolute atomic E-state index is 0.0410. The Kier molecular flexibility index (Phi) is 7.14. The standard InChI is InChI=1S/C26H31ClF3N5O/c1-25(2,3)23(36)31-15-16-5-7-19(27)21(13-16)33-24-32-20-8-6-18(14-22(20)34(24)4)35-11-9-17(10-12-35)26(28,29)30/h5-8,13-14,17H,9-12,15H2,1-4H3,(H,31,36)(H,32,33). The van der Waals surface area contributed by atoms with Crippen LogP contribution in [-0.2, 0) is 18.4 Å². The summed E-state index contributed by atoms with van der Waals surface area (Å²) in [4.78, 5) is 18.9. The number of hydrogen-bond donors (Lipinski definition) is 2. The minimum Gasteiger partial charge on any atom is -0.371 e. The number of nitrogens with one attached hydrogen (secondary N) is 2. The second-order valence-corrected chi connectivity index (χ2v) is 10.7. The molecule has 0 spiro atoms. The van der Waals surface area contributed by atoms with E-state index in [4.69, 9.17) is 11.6 Å². The van der Waals surface area contributed by atoms with Crippen LogP contribution in [0.3, 0.4) is 0 Å². The van der Waals surface area contributed by atoms with Gasteiger partial charge in [-0.05, 0) is 48.7 Å². The highest BCUT2D eigenvalue weighted by Gasteiger charge is 2.41. The Labute approximate surface area is 213 Å².